The lowest BCUT2D eigenvalue weighted by Gasteiger charge is -2.16. The van der Waals surface area contributed by atoms with E-state index in [1.54, 1.807) is 36.5 Å². The first-order valence-corrected chi connectivity index (χ1v) is 6.13. The first kappa shape index (κ1) is 14.1. The average Bonchev–Trinajstić information content (AvgIpc) is 2.53. The smallest absolute Gasteiger partial charge is 0.274 e. The standard InChI is InChI=1S/C14H13ClN2O3/c1-19-12-6-5-11(8-13(12)20-2)17(15)14(18)10-4-3-7-16-9-10/h3-9H,1-2H3. The maximum absolute atomic E-state index is 12.2. The van der Waals surface area contributed by atoms with Gasteiger partial charge in [-0.15, -0.1) is 0 Å². The monoisotopic (exact) mass is 292 g/mol. The third-order valence-corrected chi connectivity index (χ3v) is 3.03. The van der Waals surface area contributed by atoms with Gasteiger partial charge in [-0.1, -0.05) is 0 Å². The molecule has 2 aromatic rings. The maximum Gasteiger partial charge on any atom is 0.274 e. The summed E-state index contributed by atoms with van der Waals surface area (Å²) in [6.07, 6.45) is 3.05. The van der Waals surface area contributed by atoms with Crippen LogP contribution in [0.1, 0.15) is 10.4 Å². The highest BCUT2D eigenvalue weighted by molar-refractivity contribution is 6.39. The van der Waals surface area contributed by atoms with E-state index in [0.717, 1.165) is 4.42 Å². The van der Waals surface area contributed by atoms with Gasteiger partial charge in [-0.2, -0.15) is 0 Å². The van der Waals surface area contributed by atoms with Crippen molar-refractivity contribution in [2.24, 2.45) is 0 Å². The van der Waals surface area contributed by atoms with Crippen LogP contribution in [0.5, 0.6) is 11.5 Å². The van der Waals surface area contributed by atoms with Crippen molar-refractivity contribution in [3.63, 3.8) is 0 Å². The Labute approximate surface area is 121 Å². The molecule has 104 valence electrons. The summed E-state index contributed by atoms with van der Waals surface area (Å²) in [6.45, 7) is 0. The van der Waals surface area contributed by atoms with E-state index in [4.69, 9.17) is 21.3 Å². The molecule has 1 amide bonds. The van der Waals surface area contributed by atoms with Gasteiger partial charge in [-0.05, 0) is 24.3 Å². The Balaban J connectivity index is 2.29. The molecule has 20 heavy (non-hydrogen) atoms. The summed E-state index contributed by atoms with van der Waals surface area (Å²) in [5, 5.41) is 0. The Morgan fingerprint density at radius 2 is 1.95 bits per heavy atom. The number of amides is 1. The fraction of sp³-hybridized carbons (Fsp3) is 0.143. The van der Waals surface area contributed by atoms with E-state index in [1.165, 1.54) is 20.4 Å². The Morgan fingerprint density at radius 3 is 2.55 bits per heavy atom. The van der Waals surface area contributed by atoms with Crippen LogP contribution in [0.25, 0.3) is 0 Å². The van der Waals surface area contributed by atoms with Gasteiger partial charge in [0.05, 0.1) is 25.5 Å². The molecule has 0 fully saturated rings. The minimum absolute atomic E-state index is 0.369. The highest BCUT2D eigenvalue weighted by atomic mass is 35.5. The number of carbonyl (C=O) groups excluding carboxylic acids is 1. The van der Waals surface area contributed by atoms with Crippen molar-refractivity contribution in [2.45, 2.75) is 0 Å². The van der Waals surface area contributed by atoms with Gasteiger partial charge in [0.1, 0.15) is 0 Å². The fourth-order valence-corrected chi connectivity index (χ4v) is 1.87. The van der Waals surface area contributed by atoms with Crippen LogP contribution in [0.3, 0.4) is 0 Å². The molecule has 1 heterocycles. The number of aromatic nitrogens is 1. The van der Waals surface area contributed by atoms with Gasteiger partial charge in [0.2, 0.25) is 0 Å². The van der Waals surface area contributed by atoms with E-state index < -0.39 is 0 Å². The Bertz CT molecular complexity index is 605. The number of nitrogens with zero attached hydrogens (tertiary/aromatic N) is 2. The van der Waals surface area contributed by atoms with Crippen LogP contribution in [-0.2, 0) is 0 Å². The molecular formula is C14H13ClN2O3. The summed E-state index contributed by atoms with van der Waals surface area (Å²) < 4.78 is 11.3. The van der Waals surface area contributed by atoms with Gasteiger partial charge in [0.25, 0.3) is 5.91 Å². The number of hydrogen-bond acceptors (Lipinski definition) is 4. The van der Waals surface area contributed by atoms with Gasteiger partial charge >= 0.3 is 0 Å². The summed E-state index contributed by atoms with van der Waals surface area (Å²) >= 11 is 6.08. The second kappa shape index (κ2) is 6.25. The molecule has 6 heteroatoms. The predicted octanol–water partition coefficient (Wildman–Crippen LogP) is 2.90. The zero-order valence-electron chi connectivity index (χ0n) is 11.0. The van der Waals surface area contributed by atoms with Crippen LogP contribution < -0.4 is 13.9 Å². The molecule has 0 bridgehead atoms. The highest BCUT2D eigenvalue weighted by Crippen LogP contribution is 2.32. The van der Waals surface area contributed by atoms with Crippen molar-refractivity contribution >= 4 is 23.4 Å². The molecule has 2 rings (SSSR count). The molecular weight excluding hydrogens is 280 g/mol. The van der Waals surface area contributed by atoms with Crippen LogP contribution in [0.2, 0.25) is 0 Å². The second-order valence-corrected chi connectivity index (χ2v) is 4.21. The number of ether oxygens (including phenoxy) is 2. The fourth-order valence-electron chi connectivity index (χ4n) is 1.67. The minimum atomic E-state index is -0.369. The van der Waals surface area contributed by atoms with Crippen molar-refractivity contribution in [1.29, 1.82) is 0 Å². The SMILES string of the molecule is COc1ccc(N(Cl)C(=O)c2cccnc2)cc1OC. The zero-order chi connectivity index (χ0) is 14.5. The van der Waals surface area contributed by atoms with Crippen LogP contribution in [0.4, 0.5) is 5.69 Å². The van der Waals surface area contributed by atoms with E-state index in [2.05, 4.69) is 4.98 Å². The summed E-state index contributed by atoms with van der Waals surface area (Å²) in [4.78, 5) is 16.1. The predicted molar refractivity (Wildman–Crippen MR) is 76.4 cm³/mol. The Morgan fingerprint density at radius 1 is 1.20 bits per heavy atom. The van der Waals surface area contributed by atoms with Crippen molar-refractivity contribution in [3.8, 4) is 11.5 Å². The lowest BCUT2D eigenvalue weighted by atomic mass is 10.2. The molecule has 1 aromatic heterocycles. The van der Waals surface area contributed by atoms with Crippen molar-refractivity contribution in [2.75, 3.05) is 18.6 Å². The quantitative estimate of drug-likeness (QED) is 0.813. The van der Waals surface area contributed by atoms with Crippen molar-refractivity contribution in [3.05, 3.63) is 48.3 Å². The first-order chi connectivity index (χ1) is 9.67. The van der Waals surface area contributed by atoms with E-state index in [9.17, 15) is 4.79 Å². The van der Waals surface area contributed by atoms with Crippen LogP contribution in [0, 0.1) is 0 Å². The third kappa shape index (κ3) is 2.83. The molecule has 0 unspecified atom stereocenters. The zero-order valence-corrected chi connectivity index (χ0v) is 11.8. The number of methoxy groups -OCH3 is 2. The second-order valence-electron chi connectivity index (χ2n) is 3.87. The minimum Gasteiger partial charge on any atom is -0.493 e. The van der Waals surface area contributed by atoms with Gasteiger partial charge in [0, 0.05) is 30.2 Å². The normalized spacial score (nSPS) is 9.95. The number of hydrogen-bond donors (Lipinski definition) is 0. The van der Waals surface area contributed by atoms with Crippen LogP contribution in [-0.4, -0.2) is 25.1 Å². The van der Waals surface area contributed by atoms with Crippen molar-refractivity contribution in [1.82, 2.24) is 4.98 Å². The van der Waals surface area contributed by atoms with Crippen molar-refractivity contribution < 1.29 is 14.3 Å². The first-order valence-electron chi connectivity index (χ1n) is 5.79. The molecule has 5 nitrogen and oxygen atoms in total. The molecule has 0 spiro atoms. The number of carbonyl (C=O) groups is 1. The summed E-state index contributed by atoms with van der Waals surface area (Å²) in [6, 6.07) is 8.29. The highest BCUT2D eigenvalue weighted by Gasteiger charge is 2.17. The molecule has 0 saturated carbocycles. The summed E-state index contributed by atoms with van der Waals surface area (Å²) in [7, 11) is 3.06. The number of anilines is 1. The molecule has 1 aromatic carbocycles. The maximum atomic E-state index is 12.2. The van der Waals surface area contributed by atoms with Crippen LogP contribution in [0.15, 0.2) is 42.7 Å². The largest absolute Gasteiger partial charge is 0.493 e. The lowest BCUT2D eigenvalue weighted by Crippen LogP contribution is -2.20. The lowest BCUT2D eigenvalue weighted by molar-refractivity contribution is 0.100. The number of benzene rings is 1. The number of halogens is 1. The van der Waals surface area contributed by atoms with E-state index in [0.29, 0.717) is 22.7 Å². The Hall–Kier alpha value is -2.27. The van der Waals surface area contributed by atoms with Gasteiger partial charge in [-0.3, -0.25) is 9.78 Å². The molecule has 0 radical (unpaired) electrons. The average molecular weight is 293 g/mol. The third-order valence-electron chi connectivity index (χ3n) is 2.68. The molecule has 0 aliphatic rings. The molecule has 0 saturated heterocycles. The Kier molecular flexibility index (Phi) is 4.42. The molecule has 0 aliphatic heterocycles. The topological polar surface area (TPSA) is 51.7 Å². The van der Waals surface area contributed by atoms with Gasteiger partial charge < -0.3 is 9.47 Å². The number of pyridine rings is 1. The van der Waals surface area contributed by atoms with Gasteiger partial charge in [0.15, 0.2) is 11.5 Å². The van der Waals surface area contributed by atoms with E-state index >= 15 is 0 Å². The van der Waals surface area contributed by atoms with E-state index in [-0.39, 0.29) is 5.91 Å². The van der Waals surface area contributed by atoms with Gasteiger partial charge in [-0.25, -0.2) is 4.42 Å². The molecule has 0 atom stereocenters. The number of rotatable bonds is 4. The summed E-state index contributed by atoms with van der Waals surface area (Å²) in [5.41, 5.74) is 0.885. The summed E-state index contributed by atoms with van der Waals surface area (Å²) in [5.74, 6) is 0.691. The van der Waals surface area contributed by atoms with Crippen LogP contribution >= 0.6 is 11.8 Å². The molecule has 0 N–H and O–H groups in total. The van der Waals surface area contributed by atoms with E-state index in [1.807, 2.05) is 0 Å². The molecule has 0 aliphatic carbocycles.